The van der Waals surface area contributed by atoms with Crippen molar-refractivity contribution in [2.45, 2.75) is 96.1 Å². The van der Waals surface area contributed by atoms with Crippen LogP contribution >= 0.6 is 0 Å². The van der Waals surface area contributed by atoms with Crippen LogP contribution in [0, 0.1) is 23.4 Å². The molecule has 0 radical (unpaired) electrons. The number of rotatable bonds is 11. The molecule has 0 unspecified atom stereocenters. The maximum atomic E-state index is 15.9. The lowest BCUT2D eigenvalue weighted by molar-refractivity contribution is -0.136. The van der Waals surface area contributed by atoms with Gasteiger partial charge in [-0.2, -0.15) is 0 Å². The summed E-state index contributed by atoms with van der Waals surface area (Å²) in [7, 11) is 2.09. The molecule has 6 rings (SSSR count). The van der Waals surface area contributed by atoms with Gasteiger partial charge in [0.25, 0.3) is 0 Å². The molecular formula is C39H53F2N9O6. The van der Waals surface area contributed by atoms with Gasteiger partial charge in [-0.15, -0.1) is 0 Å². The zero-order valence-electron chi connectivity index (χ0n) is 39.7. The Labute approximate surface area is 336 Å². The fourth-order valence-electron chi connectivity index (χ4n) is 7.82. The number of benzene rings is 1. The SMILES string of the molecule is [2H]C([2H])([2H])C([2H])(C([2H])([2H])[2H])[C@@]([2H])(NC(=O)OC)C(=O)N1CCC[C@H]1c1ncc(C2CCN(c3c(F)cc(-c4cnc([C@@H]5CCCN5C(=O)[C@@H](NC(=O)OC)C(C)C)[nH]4)cc3F)CC2)[nH]1. The third-order valence-corrected chi connectivity index (χ3v) is 10.7. The van der Waals surface area contributed by atoms with Gasteiger partial charge in [0.05, 0.1) is 39.6 Å². The quantitative estimate of drug-likeness (QED) is 0.194. The predicted octanol–water partition coefficient (Wildman–Crippen LogP) is 5.55. The van der Waals surface area contributed by atoms with Crippen LogP contribution in [0.5, 0.6) is 0 Å². The highest BCUT2D eigenvalue weighted by Gasteiger charge is 2.39. The molecule has 3 saturated heterocycles. The second-order valence-electron chi connectivity index (χ2n) is 14.5. The number of methoxy groups -OCH3 is 2. The summed E-state index contributed by atoms with van der Waals surface area (Å²) in [5.74, 6) is -6.81. The van der Waals surface area contributed by atoms with E-state index in [1.54, 1.807) is 21.3 Å². The van der Waals surface area contributed by atoms with Crippen molar-refractivity contribution in [1.29, 1.82) is 0 Å². The average molecular weight is 790 g/mol. The number of aromatic nitrogens is 4. The zero-order valence-corrected chi connectivity index (χ0v) is 31.7. The van der Waals surface area contributed by atoms with Gasteiger partial charge in [0.2, 0.25) is 11.8 Å². The number of halogens is 2. The minimum atomic E-state index is -3.82. The van der Waals surface area contributed by atoms with E-state index in [2.05, 4.69) is 30.0 Å². The summed E-state index contributed by atoms with van der Waals surface area (Å²) in [6.07, 6.45) is 3.61. The topological polar surface area (TPSA) is 178 Å². The van der Waals surface area contributed by atoms with E-state index in [9.17, 15) is 19.2 Å². The van der Waals surface area contributed by atoms with Crippen molar-refractivity contribution in [3.63, 3.8) is 0 Å². The standard InChI is InChI=1S/C39H53F2N9O6/c1-21(2)31(46-38(53)55-5)36(51)49-13-7-9-29(49)34-42-19-27(44-34)23-11-15-48(16-12-23)33-25(40)17-24(18-26(33)41)28-20-43-35(45-28)30-10-8-14-50(30)37(52)32(22(3)4)47-39(54)56-6/h17-23,29-32H,7-16H2,1-6H3,(H,42,44)(H,43,45)(H,46,53)(H,47,54)/t29-,30-,31+,32-/m0/s1/i1D3,2D3,21D,31D. The number of alkyl carbamates (subject to hydrolysis) is 2. The van der Waals surface area contributed by atoms with Crippen LogP contribution in [0.4, 0.5) is 24.1 Å². The number of amides is 4. The van der Waals surface area contributed by atoms with E-state index < -0.39 is 73.5 Å². The number of ether oxygens (including phenoxy) is 2. The summed E-state index contributed by atoms with van der Waals surface area (Å²) in [5.41, 5.74) is 1.02. The number of imidazole rings is 2. The van der Waals surface area contributed by atoms with E-state index in [1.807, 2.05) is 13.8 Å². The summed E-state index contributed by atoms with van der Waals surface area (Å²) in [6.45, 7) is -2.97. The van der Waals surface area contributed by atoms with Crippen molar-refractivity contribution in [1.82, 2.24) is 40.4 Å². The van der Waals surface area contributed by atoms with Gasteiger partial charge in [-0.3, -0.25) is 9.59 Å². The fourth-order valence-corrected chi connectivity index (χ4v) is 7.82. The number of carbonyl (C=O) groups excluding carboxylic acids is 4. The summed E-state index contributed by atoms with van der Waals surface area (Å²) in [6, 6.07) is -3.28. The monoisotopic (exact) mass is 789 g/mol. The van der Waals surface area contributed by atoms with E-state index >= 15 is 8.78 Å². The number of likely N-dealkylation sites (tertiary alicyclic amines) is 2. The highest BCUT2D eigenvalue weighted by Crippen LogP contribution is 2.38. The van der Waals surface area contributed by atoms with E-state index in [0.29, 0.717) is 55.9 Å². The summed E-state index contributed by atoms with van der Waals surface area (Å²) in [5, 5.41) is 4.36. The Kier molecular flexibility index (Phi) is 9.55. The van der Waals surface area contributed by atoms with Crippen LogP contribution < -0.4 is 15.5 Å². The summed E-state index contributed by atoms with van der Waals surface area (Å²) >= 11 is 0. The second kappa shape index (κ2) is 17.3. The number of nitrogens with zero attached hydrogens (tertiary/aromatic N) is 5. The summed E-state index contributed by atoms with van der Waals surface area (Å²) < 4.78 is 106. The molecule has 3 fully saturated rings. The molecule has 17 heteroatoms. The van der Waals surface area contributed by atoms with Gasteiger partial charge in [-0.25, -0.2) is 28.3 Å². The first-order chi connectivity index (χ1) is 30.0. The molecule has 4 N–H and O–H groups in total. The average Bonchev–Trinajstić information content (AvgIpc) is 4.08. The molecule has 0 spiro atoms. The molecule has 56 heavy (non-hydrogen) atoms. The molecular weight excluding hydrogens is 728 g/mol. The molecule has 0 saturated carbocycles. The van der Waals surface area contributed by atoms with Crippen molar-refractivity contribution < 1.29 is 48.4 Å². The number of carbonyl (C=O) groups is 4. The normalized spacial score (nSPS) is 23.4. The largest absolute Gasteiger partial charge is 0.453 e. The minimum Gasteiger partial charge on any atom is -0.453 e. The van der Waals surface area contributed by atoms with E-state index in [0.717, 1.165) is 12.0 Å². The Bertz CT molecular complexity index is 2180. The van der Waals surface area contributed by atoms with Crippen LogP contribution in [0.25, 0.3) is 11.3 Å². The first-order valence-corrected chi connectivity index (χ1v) is 18.6. The summed E-state index contributed by atoms with van der Waals surface area (Å²) in [4.78, 5) is 71.6. The van der Waals surface area contributed by atoms with Crippen molar-refractivity contribution >= 4 is 29.7 Å². The highest BCUT2D eigenvalue weighted by molar-refractivity contribution is 5.87. The minimum absolute atomic E-state index is 0.0619. The lowest BCUT2D eigenvalue weighted by atomic mass is 9.93. The van der Waals surface area contributed by atoms with Crippen molar-refractivity contribution in [2.75, 3.05) is 45.3 Å². The Hall–Kier alpha value is -5.22. The maximum absolute atomic E-state index is 15.9. The van der Waals surface area contributed by atoms with Crippen LogP contribution in [0.3, 0.4) is 0 Å². The molecule has 5 heterocycles. The third-order valence-electron chi connectivity index (χ3n) is 10.7. The van der Waals surface area contributed by atoms with E-state index in [1.165, 1.54) is 25.4 Å². The molecule has 3 aliphatic heterocycles. The number of hydrogen-bond acceptors (Lipinski definition) is 9. The van der Waals surface area contributed by atoms with Gasteiger partial charge in [0.1, 0.15) is 41.0 Å². The predicted molar refractivity (Wildman–Crippen MR) is 202 cm³/mol. The number of hydrogen-bond donors (Lipinski definition) is 4. The van der Waals surface area contributed by atoms with Gasteiger partial charge in [0, 0.05) is 59.1 Å². The molecule has 3 aliphatic rings. The van der Waals surface area contributed by atoms with Gasteiger partial charge in [0.15, 0.2) is 0 Å². The lowest BCUT2D eigenvalue weighted by Gasteiger charge is -2.33. The second-order valence-corrected chi connectivity index (χ2v) is 14.5. The third kappa shape index (κ3) is 8.45. The molecule has 15 nitrogen and oxygen atoms in total. The first kappa shape index (κ1) is 30.9. The van der Waals surface area contributed by atoms with Crippen molar-refractivity contribution in [2.24, 2.45) is 11.8 Å². The van der Waals surface area contributed by atoms with E-state index in [-0.39, 0.29) is 60.9 Å². The van der Waals surface area contributed by atoms with Crippen molar-refractivity contribution in [3.05, 3.63) is 53.5 Å². The first-order valence-electron chi connectivity index (χ1n) is 22.6. The fraction of sp³-hybridized carbons (Fsp3) is 0.590. The molecule has 4 amide bonds. The van der Waals surface area contributed by atoms with Crippen molar-refractivity contribution in [3.8, 4) is 11.3 Å². The number of anilines is 1. The van der Waals surface area contributed by atoms with Crippen LogP contribution in [0.15, 0.2) is 24.5 Å². The zero-order chi connectivity index (χ0) is 47.1. The Morgan fingerprint density at radius 1 is 0.839 bits per heavy atom. The Balaban J connectivity index is 1.14. The Morgan fingerprint density at radius 3 is 2.00 bits per heavy atom. The molecule has 0 aliphatic carbocycles. The highest BCUT2D eigenvalue weighted by atomic mass is 19.1. The van der Waals surface area contributed by atoms with E-state index in [4.69, 9.17) is 15.7 Å². The van der Waals surface area contributed by atoms with Crippen LogP contribution in [-0.4, -0.2) is 106 Å². The van der Waals surface area contributed by atoms with Crippen LogP contribution in [-0.2, 0) is 19.1 Å². The van der Waals surface area contributed by atoms with Gasteiger partial charge >= 0.3 is 12.2 Å². The number of H-pyrrole nitrogens is 2. The molecule has 3 aromatic rings. The van der Waals surface area contributed by atoms with Gasteiger partial charge in [-0.1, -0.05) is 27.6 Å². The Morgan fingerprint density at radius 2 is 1.41 bits per heavy atom. The molecule has 4 atom stereocenters. The van der Waals surface area contributed by atoms with Gasteiger partial charge in [-0.05, 0) is 62.5 Å². The molecule has 1 aromatic carbocycles. The van der Waals surface area contributed by atoms with Gasteiger partial charge < -0.3 is 44.8 Å². The molecule has 304 valence electrons. The lowest BCUT2D eigenvalue weighted by Crippen LogP contribution is -2.51. The van der Waals surface area contributed by atoms with Crippen LogP contribution in [0.1, 0.15) is 112 Å². The number of aromatic amines is 2. The van der Waals surface area contributed by atoms with Crippen LogP contribution in [0.2, 0.25) is 0 Å². The number of piperidine rings is 1. The number of nitrogens with one attached hydrogen (secondary N) is 4. The smallest absolute Gasteiger partial charge is 0.407 e. The molecule has 2 aromatic heterocycles. The maximum Gasteiger partial charge on any atom is 0.407 e. The molecule has 0 bridgehead atoms.